The fraction of sp³-hybridized carbons (Fsp3) is 0.154. The van der Waals surface area contributed by atoms with E-state index in [2.05, 4.69) is 4.98 Å². The average molecular weight is 331 g/mol. The van der Waals surface area contributed by atoms with E-state index in [9.17, 15) is 14.5 Å². The molecule has 0 fully saturated rings. The second-order valence-corrected chi connectivity index (χ2v) is 4.91. The standard InChI is InChI=1S/C13H9Cl2FN2O3/c1-7(12-9(14)2-3-10(16)13(12)15)21-8-4-5-17-11(6-8)18(19)20/h2-7H,1H3. The van der Waals surface area contributed by atoms with Crippen LogP contribution in [0.2, 0.25) is 10.0 Å². The lowest BCUT2D eigenvalue weighted by molar-refractivity contribution is -0.389. The highest BCUT2D eigenvalue weighted by Crippen LogP contribution is 2.35. The Kier molecular flexibility index (Phi) is 4.59. The van der Waals surface area contributed by atoms with Crippen LogP contribution in [0.15, 0.2) is 30.5 Å². The summed E-state index contributed by atoms with van der Waals surface area (Å²) in [7, 11) is 0. The van der Waals surface area contributed by atoms with Gasteiger partial charge in [-0.25, -0.2) is 4.39 Å². The lowest BCUT2D eigenvalue weighted by Gasteiger charge is -2.17. The van der Waals surface area contributed by atoms with Gasteiger partial charge in [0.2, 0.25) is 0 Å². The van der Waals surface area contributed by atoms with Gasteiger partial charge in [-0.1, -0.05) is 23.2 Å². The number of ether oxygens (including phenoxy) is 1. The van der Waals surface area contributed by atoms with Crippen molar-refractivity contribution in [2.45, 2.75) is 13.0 Å². The van der Waals surface area contributed by atoms with Crippen LogP contribution in [-0.4, -0.2) is 9.91 Å². The van der Waals surface area contributed by atoms with E-state index in [0.29, 0.717) is 0 Å². The molecule has 2 aromatic rings. The SMILES string of the molecule is CC(Oc1ccnc([N+](=O)[O-])c1)c1c(Cl)ccc(F)c1Cl. The van der Waals surface area contributed by atoms with Gasteiger partial charge >= 0.3 is 5.82 Å². The van der Waals surface area contributed by atoms with Gasteiger partial charge in [0.25, 0.3) is 0 Å². The maximum absolute atomic E-state index is 13.5. The molecular weight excluding hydrogens is 322 g/mol. The molecule has 1 aromatic heterocycles. The van der Waals surface area contributed by atoms with Crippen LogP contribution >= 0.6 is 23.2 Å². The number of aromatic nitrogens is 1. The van der Waals surface area contributed by atoms with Crippen molar-refractivity contribution in [1.29, 1.82) is 0 Å². The summed E-state index contributed by atoms with van der Waals surface area (Å²) in [5.74, 6) is -0.760. The van der Waals surface area contributed by atoms with Gasteiger partial charge in [0.15, 0.2) is 0 Å². The zero-order valence-corrected chi connectivity index (χ0v) is 12.2. The third-order valence-corrected chi connectivity index (χ3v) is 3.42. The second kappa shape index (κ2) is 6.24. The molecule has 0 spiro atoms. The first-order valence-corrected chi connectivity index (χ1v) is 6.56. The topological polar surface area (TPSA) is 65.3 Å². The molecule has 8 heteroatoms. The van der Waals surface area contributed by atoms with Crippen molar-refractivity contribution in [2.75, 3.05) is 0 Å². The summed E-state index contributed by atoms with van der Waals surface area (Å²) in [5, 5.41) is 10.8. The molecule has 0 bridgehead atoms. The van der Waals surface area contributed by atoms with E-state index in [0.717, 1.165) is 12.1 Å². The molecule has 0 amide bonds. The Hall–Kier alpha value is -1.92. The number of nitrogens with zero attached hydrogens (tertiary/aromatic N) is 2. The van der Waals surface area contributed by atoms with Crippen molar-refractivity contribution >= 4 is 29.0 Å². The van der Waals surface area contributed by atoms with Crippen molar-refractivity contribution in [3.05, 3.63) is 62.0 Å². The molecule has 110 valence electrons. The van der Waals surface area contributed by atoms with Crippen LogP contribution in [-0.2, 0) is 0 Å². The molecule has 21 heavy (non-hydrogen) atoms. The second-order valence-electron chi connectivity index (χ2n) is 4.12. The van der Waals surface area contributed by atoms with Crippen LogP contribution in [0, 0.1) is 15.9 Å². The van der Waals surface area contributed by atoms with E-state index in [4.69, 9.17) is 27.9 Å². The van der Waals surface area contributed by atoms with Crippen LogP contribution < -0.4 is 4.74 Å². The fourth-order valence-corrected chi connectivity index (χ4v) is 2.43. The predicted octanol–water partition coefficient (Wildman–Crippen LogP) is 4.58. The highest BCUT2D eigenvalue weighted by Gasteiger charge is 2.19. The van der Waals surface area contributed by atoms with Gasteiger partial charge in [-0.05, 0) is 29.0 Å². The van der Waals surface area contributed by atoms with Gasteiger partial charge in [0, 0.05) is 16.7 Å². The minimum atomic E-state index is -0.692. The number of pyridine rings is 1. The van der Waals surface area contributed by atoms with Gasteiger partial charge in [0.1, 0.15) is 23.9 Å². The summed E-state index contributed by atoms with van der Waals surface area (Å²) in [6.07, 6.45) is 0.553. The molecule has 0 saturated carbocycles. The molecule has 0 saturated heterocycles. The summed E-state index contributed by atoms with van der Waals surface area (Å²) in [6, 6.07) is 5.13. The summed E-state index contributed by atoms with van der Waals surface area (Å²) in [5.41, 5.74) is 0.276. The van der Waals surface area contributed by atoms with Gasteiger partial charge in [-0.15, -0.1) is 0 Å². The molecular formula is C13H9Cl2FN2O3. The first kappa shape index (κ1) is 15.5. The van der Waals surface area contributed by atoms with Crippen LogP contribution in [0.25, 0.3) is 0 Å². The number of hydrogen-bond donors (Lipinski definition) is 0. The van der Waals surface area contributed by atoms with Crippen molar-refractivity contribution in [2.24, 2.45) is 0 Å². The van der Waals surface area contributed by atoms with E-state index in [1.54, 1.807) is 6.92 Å². The number of hydrogen-bond acceptors (Lipinski definition) is 4. The number of benzene rings is 1. The highest BCUT2D eigenvalue weighted by atomic mass is 35.5. The molecule has 0 N–H and O–H groups in total. The number of rotatable bonds is 4. The predicted molar refractivity (Wildman–Crippen MR) is 76.4 cm³/mol. The van der Waals surface area contributed by atoms with Crippen molar-refractivity contribution < 1.29 is 14.1 Å². The molecule has 2 rings (SSSR count). The summed E-state index contributed by atoms with van der Waals surface area (Å²) >= 11 is 11.9. The molecule has 1 aromatic carbocycles. The van der Waals surface area contributed by atoms with Crippen molar-refractivity contribution in [3.8, 4) is 5.75 Å². The Morgan fingerprint density at radius 1 is 1.38 bits per heavy atom. The molecule has 1 heterocycles. The van der Waals surface area contributed by atoms with Crippen LogP contribution in [0.1, 0.15) is 18.6 Å². The highest BCUT2D eigenvalue weighted by molar-refractivity contribution is 6.36. The largest absolute Gasteiger partial charge is 0.485 e. The molecule has 0 aliphatic rings. The van der Waals surface area contributed by atoms with Crippen molar-refractivity contribution in [3.63, 3.8) is 0 Å². The monoisotopic (exact) mass is 330 g/mol. The van der Waals surface area contributed by atoms with Crippen LogP contribution in [0.3, 0.4) is 0 Å². The molecule has 0 radical (unpaired) electrons. The minimum Gasteiger partial charge on any atom is -0.485 e. The van der Waals surface area contributed by atoms with Gasteiger partial charge < -0.3 is 14.9 Å². The lowest BCUT2D eigenvalue weighted by Crippen LogP contribution is -2.06. The first-order chi connectivity index (χ1) is 9.90. The van der Waals surface area contributed by atoms with E-state index < -0.39 is 16.8 Å². The van der Waals surface area contributed by atoms with E-state index in [-0.39, 0.29) is 27.2 Å². The molecule has 5 nitrogen and oxygen atoms in total. The number of halogens is 3. The Bertz CT molecular complexity index is 697. The van der Waals surface area contributed by atoms with Crippen molar-refractivity contribution in [1.82, 2.24) is 4.98 Å². The zero-order chi connectivity index (χ0) is 15.6. The summed E-state index contributed by atoms with van der Waals surface area (Å²) in [6.45, 7) is 1.61. The quantitative estimate of drug-likeness (QED) is 0.467. The van der Waals surface area contributed by atoms with Gasteiger partial charge in [-0.3, -0.25) is 0 Å². The molecule has 0 aliphatic heterocycles. The normalized spacial score (nSPS) is 12.0. The third-order valence-electron chi connectivity index (χ3n) is 2.70. The maximum Gasteiger partial charge on any atom is 0.367 e. The Morgan fingerprint density at radius 2 is 2.10 bits per heavy atom. The lowest BCUT2D eigenvalue weighted by atomic mass is 10.1. The zero-order valence-electron chi connectivity index (χ0n) is 10.7. The first-order valence-electron chi connectivity index (χ1n) is 5.80. The molecule has 0 aliphatic carbocycles. The fourth-order valence-electron chi connectivity index (χ4n) is 1.75. The molecule has 1 unspecified atom stereocenters. The summed E-state index contributed by atoms with van der Waals surface area (Å²) < 4.78 is 19.0. The Labute approximate surface area is 129 Å². The van der Waals surface area contributed by atoms with E-state index >= 15 is 0 Å². The Balaban J connectivity index is 2.30. The van der Waals surface area contributed by atoms with E-state index in [1.807, 2.05) is 0 Å². The minimum absolute atomic E-state index is 0.140. The van der Waals surface area contributed by atoms with E-state index in [1.165, 1.54) is 18.3 Å². The van der Waals surface area contributed by atoms with Gasteiger partial charge in [0.05, 0.1) is 11.1 Å². The molecule has 1 atom stereocenters. The maximum atomic E-state index is 13.5. The van der Waals surface area contributed by atoms with Gasteiger partial charge in [-0.2, -0.15) is 0 Å². The van der Waals surface area contributed by atoms with Crippen LogP contribution in [0.5, 0.6) is 5.75 Å². The average Bonchev–Trinajstić information content (AvgIpc) is 2.43. The summed E-state index contributed by atoms with van der Waals surface area (Å²) in [4.78, 5) is 13.6. The van der Waals surface area contributed by atoms with Crippen LogP contribution in [0.4, 0.5) is 10.2 Å². The third kappa shape index (κ3) is 3.40. The number of nitro groups is 1. The smallest absolute Gasteiger partial charge is 0.367 e. The Morgan fingerprint density at radius 3 is 2.76 bits per heavy atom.